The van der Waals surface area contributed by atoms with Crippen molar-refractivity contribution in [2.45, 2.75) is 3.52 Å². The highest BCUT2D eigenvalue weighted by molar-refractivity contribution is 8.02. The van der Waals surface area contributed by atoms with E-state index in [9.17, 15) is 13.0 Å². The third-order valence-electron chi connectivity index (χ3n) is 1.88. The smallest absolute Gasteiger partial charge is 0.312 e. The highest BCUT2D eigenvalue weighted by Gasteiger charge is 2.13. The fourth-order valence-corrected chi connectivity index (χ4v) is 3.91. The van der Waals surface area contributed by atoms with Gasteiger partial charge in [-0.05, 0) is 6.26 Å². The van der Waals surface area contributed by atoms with Crippen LogP contribution in [0.15, 0.2) is 39.2 Å². The van der Waals surface area contributed by atoms with Gasteiger partial charge in [-0.25, -0.2) is 8.42 Å². The molecular formula is C11H12O4S4. The molecule has 1 aromatic carbocycles. The van der Waals surface area contributed by atoms with Crippen LogP contribution in [-0.2, 0) is 14.6 Å². The molecule has 0 spiro atoms. The average Bonchev–Trinajstić information content (AvgIpc) is 2.88. The Morgan fingerprint density at radius 2 is 1.89 bits per heavy atom. The minimum atomic E-state index is -4.41. The molecule has 0 unspecified atom stereocenters. The number of hydrogen-bond donors (Lipinski definition) is 0. The van der Waals surface area contributed by atoms with Crippen LogP contribution in [0.2, 0.25) is 0 Å². The van der Waals surface area contributed by atoms with Gasteiger partial charge in [-0.2, -0.15) is 0 Å². The topological polar surface area (TPSA) is 66.4 Å². The first kappa shape index (κ1) is 16.5. The van der Waals surface area contributed by atoms with Crippen molar-refractivity contribution in [3.8, 4) is 10.4 Å². The van der Waals surface area contributed by atoms with E-state index in [2.05, 4.69) is 46.2 Å². The molecule has 4 nitrogen and oxygen atoms in total. The van der Waals surface area contributed by atoms with Crippen LogP contribution in [0.3, 0.4) is 0 Å². The van der Waals surface area contributed by atoms with Gasteiger partial charge in [0.25, 0.3) is 0 Å². The van der Waals surface area contributed by atoms with Gasteiger partial charge in [-0.15, -0.1) is 0 Å². The van der Waals surface area contributed by atoms with Gasteiger partial charge in [0.1, 0.15) is 16.7 Å². The van der Waals surface area contributed by atoms with E-state index in [1.54, 1.807) is 0 Å². The number of benzene rings is 1. The fourth-order valence-electron chi connectivity index (χ4n) is 1.06. The zero-order valence-corrected chi connectivity index (χ0v) is 13.5. The van der Waals surface area contributed by atoms with Gasteiger partial charge < -0.3 is 4.55 Å². The van der Waals surface area contributed by atoms with E-state index in [0.29, 0.717) is 0 Å². The predicted molar refractivity (Wildman–Crippen MR) is 80.5 cm³/mol. The normalized spacial score (nSPS) is 10.7. The van der Waals surface area contributed by atoms with Gasteiger partial charge in [0.15, 0.2) is 4.88 Å². The Morgan fingerprint density at radius 1 is 1.32 bits per heavy atom. The Kier molecular flexibility index (Phi) is 6.90. The second-order valence-electron chi connectivity index (χ2n) is 3.10. The molecule has 1 heterocycles. The van der Waals surface area contributed by atoms with Crippen molar-refractivity contribution >= 4 is 44.8 Å². The Bertz CT molecular complexity index is 592. The Labute approximate surface area is 125 Å². The standard InChI is InChI=1S/C10H9S3.CH4O4S/c1-11-10-12-7-9(13-10)8-5-3-2-4-6-8;1-5-6(2,3)4/h2-7H,1H3;1H3,(H,2,3,4)/q+1;/p-1. The van der Waals surface area contributed by atoms with Crippen molar-refractivity contribution in [1.29, 1.82) is 0 Å². The molecule has 2 aromatic rings. The number of hydrogen-bond acceptors (Lipinski definition) is 6. The lowest BCUT2D eigenvalue weighted by atomic mass is 10.2. The molecule has 0 atom stereocenters. The summed E-state index contributed by atoms with van der Waals surface area (Å²) in [6.07, 6.45) is 2.12. The molecule has 0 saturated heterocycles. The summed E-state index contributed by atoms with van der Waals surface area (Å²) in [5.41, 5.74) is 1.32. The summed E-state index contributed by atoms with van der Waals surface area (Å²) in [7, 11) is -3.60. The Hall–Kier alpha value is -0.510. The number of thioether (sulfide) groups is 1. The SMILES string of the molecule is COS(=O)(=O)[O-].CSc1sc(-c2ccccc2)c[s+]1. The maximum atomic E-state index is 9.22. The van der Waals surface area contributed by atoms with Crippen LogP contribution < -0.4 is 0 Å². The average molecular weight is 336 g/mol. The Balaban J connectivity index is 0.000000258. The van der Waals surface area contributed by atoms with Crippen molar-refractivity contribution in [2.75, 3.05) is 13.4 Å². The molecule has 8 heteroatoms. The minimum absolute atomic E-state index is 0.808. The summed E-state index contributed by atoms with van der Waals surface area (Å²) in [4.78, 5) is 1.37. The molecule has 0 N–H and O–H groups in total. The molecule has 0 bridgehead atoms. The molecule has 0 amide bonds. The summed E-state index contributed by atoms with van der Waals surface area (Å²) < 4.78 is 32.4. The molecule has 0 aliphatic heterocycles. The van der Waals surface area contributed by atoms with Crippen LogP contribution in [-0.4, -0.2) is 26.3 Å². The van der Waals surface area contributed by atoms with Gasteiger partial charge in [0.2, 0.25) is 10.4 Å². The quantitative estimate of drug-likeness (QED) is 0.371. The highest BCUT2D eigenvalue weighted by Crippen LogP contribution is 2.36. The van der Waals surface area contributed by atoms with Gasteiger partial charge in [-0.3, -0.25) is 4.18 Å². The molecule has 0 aliphatic carbocycles. The third-order valence-corrected chi connectivity index (χ3v) is 6.14. The first-order chi connectivity index (χ1) is 8.96. The monoisotopic (exact) mass is 336 g/mol. The molecule has 19 heavy (non-hydrogen) atoms. The van der Waals surface area contributed by atoms with E-state index in [4.69, 9.17) is 0 Å². The van der Waals surface area contributed by atoms with Crippen LogP contribution >= 0.6 is 34.4 Å². The van der Waals surface area contributed by atoms with Crippen LogP contribution in [0.1, 0.15) is 0 Å². The van der Waals surface area contributed by atoms with E-state index in [1.165, 1.54) is 14.0 Å². The molecule has 0 radical (unpaired) electrons. The van der Waals surface area contributed by atoms with Crippen molar-refractivity contribution in [3.05, 3.63) is 35.7 Å². The fraction of sp³-hybridized carbons (Fsp3) is 0.182. The third kappa shape index (κ3) is 6.46. The van der Waals surface area contributed by atoms with Gasteiger partial charge in [-0.1, -0.05) is 42.1 Å². The molecule has 2 rings (SSSR count). The molecule has 104 valence electrons. The predicted octanol–water partition coefficient (Wildman–Crippen LogP) is 3.57. The molecule has 0 saturated carbocycles. The summed E-state index contributed by atoms with van der Waals surface area (Å²) >= 11 is 5.51. The zero-order chi connectivity index (χ0) is 14.3. The highest BCUT2D eigenvalue weighted by atomic mass is 32.3. The largest absolute Gasteiger partial charge is 0.726 e. The van der Waals surface area contributed by atoms with Crippen molar-refractivity contribution < 1.29 is 17.2 Å². The molecule has 0 aliphatic rings. The lowest BCUT2D eigenvalue weighted by molar-refractivity contribution is 0.314. The molecule has 0 fully saturated rings. The van der Waals surface area contributed by atoms with Gasteiger partial charge >= 0.3 is 3.52 Å². The van der Waals surface area contributed by atoms with E-state index in [-0.39, 0.29) is 0 Å². The van der Waals surface area contributed by atoms with Gasteiger partial charge in [0, 0.05) is 5.56 Å². The number of rotatable bonds is 3. The second kappa shape index (κ2) is 7.93. The van der Waals surface area contributed by atoms with E-state index in [0.717, 1.165) is 7.11 Å². The lowest BCUT2D eigenvalue weighted by Gasteiger charge is -1.98. The first-order valence-corrected chi connectivity index (χ1v) is 9.24. The van der Waals surface area contributed by atoms with Crippen LogP contribution in [0.4, 0.5) is 0 Å². The second-order valence-corrected chi connectivity index (χ2v) is 7.77. The van der Waals surface area contributed by atoms with E-state index in [1.807, 2.05) is 34.4 Å². The van der Waals surface area contributed by atoms with Crippen molar-refractivity contribution in [3.63, 3.8) is 0 Å². The summed E-state index contributed by atoms with van der Waals surface area (Å²) in [6, 6.07) is 10.5. The lowest BCUT2D eigenvalue weighted by Crippen LogP contribution is -1.97. The van der Waals surface area contributed by atoms with Crippen LogP contribution in [0.5, 0.6) is 0 Å². The molecule has 1 aromatic heterocycles. The summed E-state index contributed by atoms with van der Waals surface area (Å²) in [5.74, 6) is 0. The zero-order valence-electron chi connectivity index (χ0n) is 10.2. The maximum absolute atomic E-state index is 9.22. The van der Waals surface area contributed by atoms with Gasteiger partial charge in [0.05, 0.1) is 18.4 Å². The van der Waals surface area contributed by atoms with E-state index < -0.39 is 10.4 Å². The minimum Gasteiger partial charge on any atom is -0.726 e. The van der Waals surface area contributed by atoms with Crippen LogP contribution in [0.25, 0.3) is 10.4 Å². The van der Waals surface area contributed by atoms with Crippen LogP contribution in [0, 0.1) is 0 Å². The molecular weight excluding hydrogens is 324 g/mol. The van der Waals surface area contributed by atoms with Crippen molar-refractivity contribution in [2.24, 2.45) is 0 Å². The first-order valence-electron chi connectivity index (χ1n) is 4.98. The summed E-state index contributed by atoms with van der Waals surface area (Å²) in [6.45, 7) is 0. The maximum Gasteiger partial charge on any atom is 0.312 e. The summed E-state index contributed by atoms with van der Waals surface area (Å²) in [5, 5.41) is 2.23. The van der Waals surface area contributed by atoms with E-state index >= 15 is 0 Å². The van der Waals surface area contributed by atoms with Crippen molar-refractivity contribution in [1.82, 2.24) is 0 Å². The Morgan fingerprint density at radius 3 is 2.32 bits per heavy atom.